The number of halogens is 1. The van der Waals surface area contributed by atoms with Crippen molar-refractivity contribution in [2.24, 2.45) is 7.05 Å². The second kappa shape index (κ2) is 17.3. The standard InChI is InChI=1S/C47H49ClN8O5/c1-47(2,59)30-6-17-42(38(25-30)39-28-54(3)46(58)44-37(39)19-22-50-44)61-35-14-9-32(10-15-35)55(4)33-20-23-56(24-21-33)43-18-16-41(52-53-43)45(57)51-31-7-12-34(13-8-31)60-36-11-5-29(27-49)40(48)26-36/h5-6,9-11,14-19,22,25-26,28,31,33-34,50,59H,7-8,12-13,20-21,23-24H2,1-4H3,(H,51,57). The van der Waals surface area contributed by atoms with Gasteiger partial charge in [-0.05, 0) is 125 Å². The fourth-order valence-electron chi connectivity index (χ4n) is 8.31. The number of aromatic nitrogens is 4. The molecule has 2 aliphatic rings. The number of aliphatic hydroxyl groups is 1. The van der Waals surface area contributed by atoms with E-state index in [4.69, 9.17) is 26.3 Å². The molecular formula is C47H49ClN8O5. The molecule has 0 bridgehead atoms. The van der Waals surface area contributed by atoms with Crippen molar-refractivity contribution in [3.8, 4) is 34.4 Å². The van der Waals surface area contributed by atoms with Gasteiger partial charge in [0, 0.05) is 79.9 Å². The summed E-state index contributed by atoms with van der Waals surface area (Å²) in [5.74, 6) is 2.44. The SMILES string of the molecule is CN(c1ccc(Oc2ccc(C(C)(C)O)cc2-c2cn(C)c(=O)c3[nH]ccc23)cc1)C1CCN(c2ccc(C(=O)NC3CCC(Oc4ccc(C#N)c(Cl)c4)CC3)nn2)CC1. The predicted octanol–water partition coefficient (Wildman–Crippen LogP) is 8.09. The van der Waals surface area contributed by atoms with Crippen molar-refractivity contribution >= 4 is 39.9 Å². The number of anilines is 2. The van der Waals surface area contributed by atoms with Crippen molar-refractivity contribution in [3.05, 3.63) is 123 Å². The summed E-state index contributed by atoms with van der Waals surface area (Å²) >= 11 is 6.16. The zero-order chi connectivity index (χ0) is 42.8. The van der Waals surface area contributed by atoms with Crippen LogP contribution in [0.2, 0.25) is 5.02 Å². The number of nitriles is 1. The monoisotopic (exact) mass is 840 g/mol. The third kappa shape index (κ3) is 9.06. The van der Waals surface area contributed by atoms with Crippen LogP contribution >= 0.6 is 11.6 Å². The van der Waals surface area contributed by atoms with Crippen LogP contribution in [0.4, 0.5) is 11.5 Å². The Labute approximate surface area is 359 Å². The van der Waals surface area contributed by atoms with Gasteiger partial charge in [0.15, 0.2) is 11.5 Å². The van der Waals surface area contributed by atoms with E-state index >= 15 is 0 Å². The number of H-pyrrole nitrogens is 1. The minimum absolute atomic E-state index is 0.0174. The van der Waals surface area contributed by atoms with Gasteiger partial charge in [0.05, 0.1) is 22.3 Å². The maximum Gasteiger partial charge on any atom is 0.274 e. The average Bonchev–Trinajstić information content (AvgIpc) is 3.76. The van der Waals surface area contributed by atoms with Crippen LogP contribution in [-0.4, -0.2) is 69.1 Å². The number of hydrogen-bond donors (Lipinski definition) is 3. The molecule has 4 heterocycles. The summed E-state index contributed by atoms with van der Waals surface area (Å²) in [7, 11) is 3.84. The molecule has 314 valence electrons. The first-order valence-electron chi connectivity index (χ1n) is 20.6. The molecule has 6 aromatic rings. The molecule has 3 aromatic heterocycles. The minimum atomic E-state index is -1.07. The van der Waals surface area contributed by atoms with E-state index in [1.54, 1.807) is 55.9 Å². The number of pyridine rings is 1. The zero-order valence-corrected chi connectivity index (χ0v) is 35.4. The fourth-order valence-corrected chi connectivity index (χ4v) is 8.53. The highest BCUT2D eigenvalue weighted by atomic mass is 35.5. The van der Waals surface area contributed by atoms with Crippen LogP contribution in [0.5, 0.6) is 17.2 Å². The Morgan fingerprint density at radius 2 is 1.69 bits per heavy atom. The summed E-state index contributed by atoms with van der Waals surface area (Å²) in [6.07, 6.45) is 8.58. The van der Waals surface area contributed by atoms with Crippen molar-refractivity contribution in [2.45, 2.75) is 76.2 Å². The molecule has 1 aliphatic heterocycles. The first kappa shape index (κ1) is 41.4. The quantitative estimate of drug-likeness (QED) is 0.116. The van der Waals surface area contributed by atoms with Crippen LogP contribution in [0.25, 0.3) is 22.0 Å². The Morgan fingerprint density at radius 1 is 0.951 bits per heavy atom. The molecule has 1 amide bonds. The van der Waals surface area contributed by atoms with Gasteiger partial charge < -0.3 is 39.2 Å². The van der Waals surface area contributed by atoms with Gasteiger partial charge in [0.1, 0.15) is 28.8 Å². The molecular weight excluding hydrogens is 792 g/mol. The third-order valence-electron chi connectivity index (χ3n) is 11.9. The summed E-state index contributed by atoms with van der Waals surface area (Å²) in [6.45, 7) is 5.10. The summed E-state index contributed by atoms with van der Waals surface area (Å²) in [5, 5.41) is 33.0. The van der Waals surface area contributed by atoms with E-state index in [1.165, 1.54) is 0 Å². The van der Waals surface area contributed by atoms with Crippen LogP contribution in [-0.2, 0) is 12.6 Å². The zero-order valence-electron chi connectivity index (χ0n) is 34.7. The van der Waals surface area contributed by atoms with E-state index in [9.17, 15) is 14.7 Å². The van der Waals surface area contributed by atoms with E-state index in [1.807, 2.05) is 48.7 Å². The van der Waals surface area contributed by atoms with Crippen molar-refractivity contribution < 1.29 is 19.4 Å². The molecule has 1 saturated carbocycles. The van der Waals surface area contributed by atoms with Crippen LogP contribution in [0.15, 0.2) is 96.1 Å². The molecule has 1 saturated heterocycles. The number of piperidine rings is 1. The number of hydrogen-bond acceptors (Lipinski definition) is 10. The number of carbonyl (C=O) groups excluding carboxylic acids is 1. The molecule has 0 spiro atoms. The lowest BCUT2D eigenvalue weighted by molar-refractivity contribution is 0.0786. The molecule has 0 radical (unpaired) electrons. The normalized spacial score (nSPS) is 17.2. The van der Waals surface area contributed by atoms with Gasteiger partial charge in [-0.2, -0.15) is 5.26 Å². The lowest BCUT2D eigenvalue weighted by atomic mass is 9.93. The molecule has 3 aromatic carbocycles. The van der Waals surface area contributed by atoms with Gasteiger partial charge in [-0.25, -0.2) is 0 Å². The largest absolute Gasteiger partial charge is 0.490 e. The second-order valence-electron chi connectivity index (χ2n) is 16.5. The number of fused-ring (bicyclic) bond motifs is 1. The summed E-state index contributed by atoms with van der Waals surface area (Å²) in [4.78, 5) is 33.5. The van der Waals surface area contributed by atoms with E-state index in [2.05, 4.69) is 55.5 Å². The highest BCUT2D eigenvalue weighted by molar-refractivity contribution is 6.31. The number of amides is 1. The number of nitrogens with zero attached hydrogens (tertiary/aromatic N) is 6. The number of benzene rings is 3. The van der Waals surface area contributed by atoms with E-state index in [0.29, 0.717) is 45.1 Å². The van der Waals surface area contributed by atoms with Gasteiger partial charge in [0.25, 0.3) is 11.5 Å². The average molecular weight is 841 g/mol. The van der Waals surface area contributed by atoms with E-state index in [-0.39, 0.29) is 23.6 Å². The number of ether oxygens (including phenoxy) is 2. The van der Waals surface area contributed by atoms with Crippen molar-refractivity contribution in [3.63, 3.8) is 0 Å². The van der Waals surface area contributed by atoms with Gasteiger partial charge >= 0.3 is 0 Å². The van der Waals surface area contributed by atoms with E-state index < -0.39 is 5.60 Å². The van der Waals surface area contributed by atoms with Crippen LogP contribution in [0, 0.1) is 11.3 Å². The Hall–Kier alpha value is -6.36. The molecule has 61 heavy (non-hydrogen) atoms. The maximum atomic E-state index is 13.1. The third-order valence-corrected chi connectivity index (χ3v) is 12.2. The molecule has 14 heteroatoms. The maximum absolute atomic E-state index is 13.1. The predicted molar refractivity (Wildman–Crippen MR) is 237 cm³/mol. The Bertz CT molecular complexity index is 2630. The molecule has 1 aliphatic carbocycles. The first-order chi connectivity index (χ1) is 29.3. The van der Waals surface area contributed by atoms with Crippen LogP contribution < -0.4 is 30.1 Å². The van der Waals surface area contributed by atoms with Crippen molar-refractivity contribution in [1.29, 1.82) is 5.26 Å². The van der Waals surface area contributed by atoms with Crippen molar-refractivity contribution in [2.75, 3.05) is 29.9 Å². The molecule has 3 N–H and O–H groups in total. The van der Waals surface area contributed by atoms with Crippen LogP contribution in [0.1, 0.15) is 74.0 Å². The number of rotatable bonds is 11. The molecule has 8 rings (SSSR count). The fraction of sp³-hybridized carbons (Fsp3) is 0.340. The number of aryl methyl sites for hydroxylation is 1. The lowest BCUT2D eigenvalue weighted by Gasteiger charge is -2.38. The van der Waals surface area contributed by atoms with Gasteiger partial charge in [-0.1, -0.05) is 17.7 Å². The Morgan fingerprint density at radius 3 is 2.36 bits per heavy atom. The molecule has 2 fully saturated rings. The Kier molecular flexibility index (Phi) is 11.7. The minimum Gasteiger partial charge on any atom is -0.490 e. The molecule has 0 atom stereocenters. The van der Waals surface area contributed by atoms with Crippen molar-refractivity contribution in [1.82, 2.24) is 25.1 Å². The summed E-state index contributed by atoms with van der Waals surface area (Å²) in [6, 6.07) is 26.7. The highest BCUT2D eigenvalue weighted by Crippen LogP contribution is 2.39. The highest BCUT2D eigenvalue weighted by Gasteiger charge is 2.27. The first-order valence-corrected chi connectivity index (χ1v) is 21.0. The molecule has 13 nitrogen and oxygen atoms in total. The number of aromatic amines is 1. The van der Waals surface area contributed by atoms with Gasteiger partial charge in [-0.3, -0.25) is 9.59 Å². The topological polar surface area (TPSA) is 162 Å². The smallest absolute Gasteiger partial charge is 0.274 e. The Balaban J connectivity index is 0.840. The van der Waals surface area contributed by atoms with Crippen LogP contribution in [0.3, 0.4) is 0 Å². The van der Waals surface area contributed by atoms with Gasteiger partial charge in [0.2, 0.25) is 0 Å². The molecule has 0 unspecified atom stereocenters. The number of nitrogens with one attached hydrogen (secondary N) is 2. The van der Waals surface area contributed by atoms with Gasteiger partial charge in [-0.15, -0.1) is 10.2 Å². The number of carbonyl (C=O) groups is 1. The second-order valence-corrected chi connectivity index (χ2v) is 16.9. The summed E-state index contributed by atoms with van der Waals surface area (Å²) < 4.78 is 14.2. The summed E-state index contributed by atoms with van der Waals surface area (Å²) in [5.41, 5.74) is 3.42. The van der Waals surface area contributed by atoms with E-state index in [0.717, 1.165) is 85.2 Å². The lowest BCUT2D eigenvalue weighted by Crippen LogP contribution is -2.44.